The molecule has 18 heavy (non-hydrogen) atoms. The molecule has 3 aromatic rings. The minimum absolute atomic E-state index is 0.748. The summed E-state index contributed by atoms with van der Waals surface area (Å²) in [6.45, 7) is 1.92. The lowest BCUT2D eigenvalue weighted by atomic mass is 10.2. The van der Waals surface area contributed by atoms with Gasteiger partial charge in [-0.1, -0.05) is 42.5 Å². The monoisotopic (exact) mass is 234 g/mol. The lowest BCUT2D eigenvalue weighted by molar-refractivity contribution is 1.25. The Morgan fingerprint density at radius 3 is 2.39 bits per heavy atom. The molecule has 0 aliphatic heterocycles. The van der Waals surface area contributed by atoms with Crippen molar-refractivity contribution < 1.29 is 0 Å². The highest BCUT2D eigenvalue weighted by molar-refractivity contribution is 5.75. The van der Waals surface area contributed by atoms with Crippen molar-refractivity contribution in [3.8, 4) is 0 Å². The number of anilines is 1. The number of rotatable bonds is 3. The Morgan fingerprint density at radius 2 is 1.56 bits per heavy atom. The van der Waals surface area contributed by atoms with E-state index in [0.29, 0.717) is 0 Å². The highest BCUT2D eigenvalue weighted by Crippen LogP contribution is 2.12. The third-order valence-corrected chi connectivity index (χ3v) is 2.63. The Balaban J connectivity index is 1.79. The van der Waals surface area contributed by atoms with E-state index in [2.05, 4.69) is 15.3 Å². The first-order chi connectivity index (χ1) is 8.92. The van der Waals surface area contributed by atoms with Gasteiger partial charge in [0, 0.05) is 0 Å². The molecule has 0 fully saturated rings. The van der Waals surface area contributed by atoms with E-state index in [1.54, 1.807) is 6.20 Å². The average molecular weight is 234 g/mol. The Labute approximate surface area is 106 Å². The summed E-state index contributed by atoms with van der Waals surface area (Å²) in [6, 6.07) is 17.9. The number of nitrogens with zero attached hydrogens (tertiary/aromatic N) is 2. The van der Waals surface area contributed by atoms with Crippen LogP contribution in [0.4, 0.5) is 5.82 Å². The molecule has 1 aromatic heterocycles. The zero-order valence-corrected chi connectivity index (χ0v) is 9.75. The van der Waals surface area contributed by atoms with Gasteiger partial charge in [0.05, 0.1) is 23.8 Å². The topological polar surface area (TPSA) is 37.8 Å². The Morgan fingerprint density at radius 1 is 0.833 bits per heavy atom. The van der Waals surface area contributed by atoms with Crippen molar-refractivity contribution in [1.29, 1.82) is 0 Å². The van der Waals surface area contributed by atoms with E-state index in [0.717, 1.165) is 22.4 Å². The molecular weight excluding hydrogens is 222 g/mol. The van der Waals surface area contributed by atoms with Gasteiger partial charge >= 0.3 is 0 Å². The predicted molar refractivity (Wildman–Crippen MR) is 73.0 cm³/mol. The van der Waals surface area contributed by atoms with Crippen LogP contribution in [-0.2, 0) is 0 Å². The fourth-order valence-corrected chi connectivity index (χ4v) is 1.73. The summed E-state index contributed by atoms with van der Waals surface area (Å²) < 4.78 is 0. The molecule has 0 saturated heterocycles. The molecule has 3 nitrogen and oxygen atoms in total. The van der Waals surface area contributed by atoms with Crippen molar-refractivity contribution in [2.75, 3.05) is 5.32 Å². The maximum atomic E-state index is 4.49. The minimum Gasteiger partial charge on any atom is -0.360 e. The first-order valence-corrected chi connectivity index (χ1v) is 5.78. The summed E-state index contributed by atoms with van der Waals surface area (Å²) in [5.74, 6) is 0.748. The first-order valence-electron chi connectivity index (χ1n) is 5.78. The van der Waals surface area contributed by atoms with Gasteiger partial charge in [0.2, 0.25) is 0 Å². The molecule has 1 N–H and O–H groups in total. The fraction of sp³-hybridized carbons (Fsp3) is 0. The molecule has 0 amide bonds. The van der Waals surface area contributed by atoms with Crippen LogP contribution < -0.4 is 5.32 Å². The van der Waals surface area contributed by atoms with Crippen molar-refractivity contribution in [3.05, 3.63) is 72.9 Å². The zero-order chi connectivity index (χ0) is 12.2. The van der Waals surface area contributed by atoms with E-state index in [-0.39, 0.29) is 0 Å². The summed E-state index contributed by atoms with van der Waals surface area (Å²) in [6.07, 6.45) is 1.74. The van der Waals surface area contributed by atoms with Crippen LogP contribution in [0.5, 0.6) is 0 Å². The highest BCUT2D eigenvalue weighted by atomic mass is 15.0. The number of hydrogen-bond donors (Lipinski definition) is 1. The van der Waals surface area contributed by atoms with Gasteiger partial charge in [0.15, 0.2) is 0 Å². The fourth-order valence-electron chi connectivity index (χ4n) is 1.73. The summed E-state index contributed by atoms with van der Waals surface area (Å²) in [4.78, 5) is 8.83. The first kappa shape index (κ1) is 10.7. The number of benzene rings is 2. The normalized spacial score (nSPS) is 10.4. The molecule has 0 atom stereocenters. The van der Waals surface area contributed by atoms with E-state index in [1.807, 2.05) is 61.1 Å². The average Bonchev–Trinajstić information content (AvgIpc) is 2.46. The molecule has 0 saturated carbocycles. The maximum absolute atomic E-state index is 4.49. The van der Waals surface area contributed by atoms with Gasteiger partial charge in [-0.25, -0.2) is 4.98 Å². The molecule has 3 heteroatoms. The van der Waals surface area contributed by atoms with Gasteiger partial charge in [-0.3, -0.25) is 4.98 Å². The van der Waals surface area contributed by atoms with Crippen LogP contribution in [0.2, 0.25) is 0 Å². The van der Waals surface area contributed by atoms with Crippen molar-refractivity contribution in [1.82, 2.24) is 9.97 Å². The molecule has 87 valence electrons. The second kappa shape index (κ2) is 4.84. The van der Waals surface area contributed by atoms with Gasteiger partial charge < -0.3 is 5.32 Å². The number of hydrogen-bond acceptors (Lipinski definition) is 3. The minimum atomic E-state index is 0.748. The van der Waals surface area contributed by atoms with Gasteiger partial charge in [0.1, 0.15) is 5.82 Å². The SMILES string of the molecule is [CH](Nc1cnc2ccccc2n1)c1ccccc1. The van der Waals surface area contributed by atoms with Crippen LogP contribution >= 0.6 is 0 Å². The summed E-state index contributed by atoms with van der Waals surface area (Å²) in [7, 11) is 0. The van der Waals surface area contributed by atoms with Crippen molar-refractivity contribution in [2.24, 2.45) is 0 Å². The summed E-state index contributed by atoms with van der Waals surface area (Å²) in [5.41, 5.74) is 2.90. The standard InChI is InChI=1S/C15H12N3/c1-2-6-12(7-3-1)10-17-15-11-16-13-8-4-5-9-14(13)18-15/h1-11H,(H,17,18). The van der Waals surface area contributed by atoms with Crippen LogP contribution in [0, 0.1) is 6.54 Å². The van der Waals surface area contributed by atoms with E-state index in [1.165, 1.54) is 0 Å². The number of para-hydroxylation sites is 2. The number of aromatic nitrogens is 2. The van der Waals surface area contributed by atoms with Gasteiger partial charge in [-0.15, -0.1) is 0 Å². The van der Waals surface area contributed by atoms with Crippen molar-refractivity contribution in [2.45, 2.75) is 0 Å². The lowest BCUT2D eigenvalue weighted by Gasteiger charge is -2.05. The van der Waals surface area contributed by atoms with Gasteiger partial charge in [-0.05, 0) is 17.7 Å². The third kappa shape index (κ3) is 2.30. The molecule has 0 unspecified atom stereocenters. The van der Waals surface area contributed by atoms with Crippen molar-refractivity contribution in [3.63, 3.8) is 0 Å². The molecule has 3 rings (SSSR count). The molecule has 0 aliphatic carbocycles. The number of nitrogens with one attached hydrogen (secondary N) is 1. The second-order valence-electron chi connectivity index (χ2n) is 3.94. The largest absolute Gasteiger partial charge is 0.360 e. The smallest absolute Gasteiger partial charge is 0.145 e. The van der Waals surface area contributed by atoms with Crippen LogP contribution in [0.1, 0.15) is 5.56 Å². The Bertz CT molecular complexity index is 650. The molecule has 2 aromatic carbocycles. The Kier molecular flexibility index (Phi) is 2.88. The molecule has 1 radical (unpaired) electrons. The Hall–Kier alpha value is -2.42. The zero-order valence-electron chi connectivity index (χ0n) is 9.75. The van der Waals surface area contributed by atoms with E-state index in [4.69, 9.17) is 0 Å². The van der Waals surface area contributed by atoms with Crippen LogP contribution in [0.25, 0.3) is 11.0 Å². The molecule has 0 spiro atoms. The van der Waals surface area contributed by atoms with Crippen LogP contribution in [-0.4, -0.2) is 9.97 Å². The van der Waals surface area contributed by atoms with E-state index >= 15 is 0 Å². The predicted octanol–water partition coefficient (Wildman–Crippen LogP) is 3.25. The third-order valence-electron chi connectivity index (χ3n) is 2.63. The molecule has 0 bridgehead atoms. The van der Waals surface area contributed by atoms with Crippen LogP contribution in [0.15, 0.2) is 60.8 Å². The molecular formula is C15H12N3. The highest BCUT2D eigenvalue weighted by Gasteiger charge is 1.99. The van der Waals surface area contributed by atoms with Gasteiger partial charge in [-0.2, -0.15) is 0 Å². The second-order valence-corrected chi connectivity index (χ2v) is 3.94. The van der Waals surface area contributed by atoms with Gasteiger partial charge in [0.25, 0.3) is 0 Å². The molecule has 1 heterocycles. The summed E-state index contributed by atoms with van der Waals surface area (Å²) >= 11 is 0. The van der Waals surface area contributed by atoms with E-state index < -0.39 is 0 Å². The van der Waals surface area contributed by atoms with E-state index in [9.17, 15) is 0 Å². The molecule has 0 aliphatic rings. The van der Waals surface area contributed by atoms with Crippen LogP contribution in [0.3, 0.4) is 0 Å². The van der Waals surface area contributed by atoms with Crippen molar-refractivity contribution >= 4 is 16.9 Å². The maximum Gasteiger partial charge on any atom is 0.145 e. The summed E-state index contributed by atoms with van der Waals surface area (Å²) in [5, 5.41) is 3.15. The quantitative estimate of drug-likeness (QED) is 0.756. The number of fused-ring (bicyclic) bond motifs is 1. The lowest BCUT2D eigenvalue weighted by Crippen LogP contribution is -1.99.